The van der Waals surface area contributed by atoms with E-state index in [0.717, 1.165) is 80.9 Å². The fraction of sp³-hybridized carbons (Fsp3) is 0.170. The molecule has 59 heavy (non-hydrogen) atoms. The Morgan fingerprint density at radius 3 is 1.51 bits per heavy atom. The molecule has 0 aliphatic carbocycles. The van der Waals surface area contributed by atoms with Crippen LogP contribution in [0.3, 0.4) is 0 Å². The minimum absolute atomic E-state index is 0. The molecule has 8 rings (SSSR count). The van der Waals surface area contributed by atoms with E-state index in [9.17, 15) is 10.2 Å². The molecule has 0 saturated heterocycles. The summed E-state index contributed by atoms with van der Waals surface area (Å²) < 4.78 is 2.19. The smallest absolute Gasteiger partial charge is 0.507 e. The Bertz CT molecular complexity index is 2440. The van der Waals surface area contributed by atoms with Crippen LogP contribution in [-0.2, 0) is 38.8 Å². The van der Waals surface area contributed by atoms with E-state index in [1.807, 2.05) is 91.0 Å². The van der Waals surface area contributed by atoms with Gasteiger partial charge in [0.25, 0.3) is 0 Å². The van der Waals surface area contributed by atoms with E-state index in [4.69, 9.17) is 0 Å². The van der Waals surface area contributed by atoms with Crippen molar-refractivity contribution >= 4 is 21.8 Å². The molecule has 0 unspecified atom stereocenters. The Labute approximate surface area is 370 Å². The number of hydrogen-bond acceptors (Lipinski definition) is 4. The third-order valence-electron chi connectivity index (χ3n) is 10.2. The summed E-state index contributed by atoms with van der Waals surface area (Å²) in [5, 5.41) is 25.5. The Hall–Kier alpha value is -5.53. The number of phenolic OH excluding ortho intramolecular Hbond substituents is 2. The van der Waals surface area contributed by atoms with Gasteiger partial charge in [0.15, 0.2) is 0 Å². The van der Waals surface area contributed by atoms with Gasteiger partial charge in [0.05, 0.1) is 16.7 Å². The van der Waals surface area contributed by atoms with Crippen molar-refractivity contribution < 1.29 is 36.1 Å². The second-order valence-electron chi connectivity index (χ2n) is 15.1. The molecule has 7 aromatic carbocycles. The SMILES string of the molecule is Cc1cc(CN(CCc2cc(C)cc(-n3c4ccccc4c4ccccc43)c2O)CCN(C)C)c(O)c(-c2ccccc2)c1.[CH2-]c1ccccc1.[CH2-]c1ccccc1.[Hf+4]. The number of benzene rings is 7. The first-order chi connectivity index (χ1) is 28.1. The van der Waals surface area contributed by atoms with Crippen LogP contribution >= 0.6 is 0 Å². The molecule has 2 N–H and O–H groups in total. The van der Waals surface area contributed by atoms with Gasteiger partial charge in [0.1, 0.15) is 11.5 Å². The Morgan fingerprint density at radius 1 is 0.525 bits per heavy atom. The van der Waals surface area contributed by atoms with Gasteiger partial charge in [-0.3, -0.25) is 4.90 Å². The van der Waals surface area contributed by atoms with Crippen molar-refractivity contribution in [3.63, 3.8) is 0 Å². The van der Waals surface area contributed by atoms with Crippen molar-refractivity contribution in [2.75, 3.05) is 33.7 Å². The monoisotopic (exact) mass is 945 g/mol. The molecular weight excluding hydrogens is 889 g/mol. The van der Waals surface area contributed by atoms with E-state index in [1.54, 1.807) is 0 Å². The van der Waals surface area contributed by atoms with Crippen molar-refractivity contribution in [2.45, 2.75) is 26.8 Å². The quantitative estimate of drug-likeness (QED) is 0.106. The normalized spacial score (nSPS) is 10.8. The largest absolute Gasteiger partial charge is 4.00 e. The topological polar surface area (TPSA) is 51.9 Å². The minimum atomic E-state index is 0. The third kappa shape index (κ3) is 11.8. The average molecular weight is 945 g/mol. The standard InChI is InChI=1S/C39H41N3O2.2C7H7.Hf/c1-27-23-31(38(43)34(24-27)29-12-6-5-7-13-29)26-41(21-20-40(3)4)19-18-30-22-28(2)25-37(39(30)44)42-35-16-10-8-14-32(35)33-15-9-11-17-36(33)42;2*1-7-5-3-2-4-6-7;/h5-17,22-25,43-44H,18-21,26H2,1-4H3;2*2-6H,1H2;/q;2*-1;+4. The zero-order valence-electron chi connectivity index (χ0n) is 34.8. The van der Waals surface area contributed by atoms with E-state index in [-0.39, 0.29) is 25.8 Å². The second-order valence-corrected chi connectivity index (χ2v) is 15.1. The molecule has 0 aliphatic rings. The number of para-hydroxylation sites is 2. The fourth-order valence-corrected chi connectivity index (χ4v) is 7.28. The second kappa shape index (κ2) is 21.5. The van der Waals surface area contributed by atoms with Gasteiger partial charge < -0.3 is 19.7 Å². The number of hydrogen-bond donors (Lipinski definition) is 2. The van der Waals surface area contributed by atoms with Gasteiger partial charge in [-0.25, -0.2) is 0 Å². The Morgan fingerprint density at radius 2 is 1.00 bits per heavy atom. The molecule has 0 saturated carbocycles. The summed E-state index contributed by atoms with van der Waals surface area (Å²) in [4.78, 5) is 4.56. The van der Waals surface area contributed by atoms with Crippen molar-refractivity contribution in [3.05, 3.63) is 211 Å². The predicted octanol–water partition coefficient (Wildman–Crippen LogP) is 11.8. The van der Waals surface area contributed by atoms with Gasteiger partial charge in [-0.15, -0.1) is 24.3 Å². The van der Waals surface area contributed by atoms with Crippen molar-refractivity contribution in [1.82, 2.24) is 14.4 Å². The molecule has 0 spiro atoms. The minimum Gasteiger partial charge on any atom is -0.507 e. The molecule has 0 bridgehead atoms. The van der Waals surface area contributed by atoms with Crippen molar-refractivity contribution in [1.29, 1.82) is 0 Å². The molecule has 1 heterocycles. The molecule has 0 amide bonds. The number of likely N-dealkylation sites (N-methyl/N-ethyl adjacent to an activating group) is 1. The molecule has 0 atom stereocenters. The first-order valence-electron chi connectivity index (χ1n) is 19.9. The molecule has 0 aliphatic heterocycles. The van der Waals surface area contributed by atoms with Crippen LogP contribution in [-0.4, -0.2) is 58.3 Å². The van der Waals surface area contributed by atoms with Crippen LogP contribution in [0, 0.1) is 27.7 Å². The third-order valence-corrected chi connectivity index (χ3v) is 10.2. The summed E-state index contributed by atoms with van der Waals surface area (Å²) in [7, 11) is 4.17. The molecule has 6 heteroatoms. The number of phenols is 2. The molecule has 5 nitrogen and oxygen atoms in total. The van der Waals surface area contributed by atoms with Crippen LogP contribution in [0.4, 0.5) is 0 Å². The first-order valence-corrected chi connectivity index (χ1v) is 19.9. The van der Waals surface area contributed by atoms with Gasteiger partial charge in [-0.1, -0.05) is 91.0 Å². The first kappa shape index (κ1) is 44.6. The molecule has 0 radical (unpaired) electrons. The number of rotatable bonds is 10. The maximum absolute atomic E-state index is 11.8. The number of aromatic hydroxyl groups is 2. The molecule has 8 aromatic rings. The van der Waals surface area contributed by atoms with Gasteiger partial charge in [0, 0.05) is 48.1 Å². The van der Waals surface area contributed by atoms with E-state index in [2.05, 4.69) is 129 Å². The molecule has 296 valence electrons. The van der Waals surface area contributed by atoms with Gasteiger partial charge >= 0.3 is 25.8 Å². The van der Waals surface area contributed by atoms with Crippen LogP contribution in [0.2, 0.25) is 0 Å². The number of fused-ring (bicyclic) bond motifs is 3. The van der Waals surface area contributed by atoms with Crippen LogP contribution in [0.25, 0.3) is 38.6 Å². The van der Waals surface area contributed by atoms with Gasteiger partial charge in [-0.2, -0.15) is 49.2 Å². The zero-order valence-corrected chi connectivity index (χ0v) is 38.4. The summed E-state index contributed by atoms with van der Waals surface area (Å²) in [6.07, 6.45) is 0.684. The van der Waals surface area contributed by atoms with Crippen molar-refractivity contribution in [3.8, 4) is 28.3 Å². The maximum Gasteiger partial charge on any atom is 4.00 e. The van der Waals surface area contributed by atoms with E-state index in [0.29, 0.717) is 24.5 Å². The summed E-state index contributed by atoms with van der Waals surface area (Å²) in [6.45, 7) is 14.7. The Kier molecular flexibility index (Phi) is 16.2. The fourth-order valence-electron chi connectivity index (χ4n) is 7.28. The van der Waals surface area contributed by atoms with E-state index in [1.165, 1.54) is 10.8 Å². The molecule has 1 aromatic heterocycles. The summed E-state index contributed by atoms with van der Waals surface area (Å²) in [6, 6.07) is 54.9. The summed E-state index contributed by atoms with van der Waals surface area (Å²) in [5.74, 6) is 0.656. The van der Waals surface area contributed by atoms with Crippen molar-refractivity contribution in [2.24, 2.45) is 0 Å². The van der Waals surface area contributed by atoms with Crippen LogP contribution < -0.4 is 0 Å². The van der Waals surface area contributed by atoms with E-state index < -0.39 is 0 Å². The van der Waals surface area contributed by atoms with Crippen LogP contribution in [0.5, 0.6) is 11.5 Å². The number of aromatic nitrogens is 1. The average Bonchev–Trinajstić information content (AvgIpc) is 3.56. The maximum atomic E-state index is 11.8. The van der Waals surface area contributed by atoms with Gasteiger partial charge in [-0.05, 0) is 80.9 Å². The zero-order chi connectivity index (χ0) is 41.0. The van der Waals surface area contributed by atoms with Gasteiger partial charge in [0.2, 0.25) is 0 Å². The van der Waals surface area contributed by atoms with Crippen LogP contribution in [0.15, 0.2) is 164 Å². The summed E-state index contributed by atoms with van der Waals surface area (Å²) >= 11 is 0. The van der Waals surface area contributed by atoms with E-state index >= 15 is 0 Å². The molecular formula is C53H55HfN3O2+2. The Balaban J connectivity index is 0.000000371. The number of nitrogens with zero attached hydrogens (tertiary/aromatic N) is 3. The van der Waals surface area contributed by atoms with Crippen LogP contribution in [0.1, 0.15) is 33.4 Å². The number of aryl methyl sites for hydroxylation is 2. The summed E-state index contributed by atoms with van der Waals surface area (Å²) in [5.41, 5.74) is 11.1. The predicted molar refractivity (Wildman–Crippen MR) is 245 cm³/mol. The molecule has 0 fully saturated rings.